The van der Waals surface area contributed by atoms with Crippen molar-refractivity contribution in [3.8, 4) is 0 Å². The van der Waals surface area contributed by atoms with Gasteiger partial charge in [0.15, 0.2) is 0 Å². The van der Waals surface area contributed by atoms with Gasteiger partial charge in [-0.1, -0.05) is 12.1 Å². The fourth-order valence-corrected chi connectivity index (χ4v) is 2.36. The molecule has 0 spiro atoms. The molecule has 1 aromatic rings. The minimum atomic E-state index is -4.63. The number of hydrogen-bond acceptors (Lipinski definition) is 3. The van der Waals surface area contributed by atoms with Gasteiger partial charge in [0.25, 0.3) is 5.91 Å². The summed E-state index contributed by atoms with van der Waals surface area (Å²) in [5.41, 5.74) is 3.45. The van der Waals surface area contributed by atoms with Crippen LogP contribution in [-0.2, 0) is 15.8 Å². The first-order valence-corrected chi connectivity index (χ1v) is 6.76. The van der Waals surface area contributed by atoms with Crippen molar-refractivity contribution in [2.24, 2.45) is 5.73 Å². The minimum Gasteiger partial charge on any atom is -0.361 e. The molecule has 2 rings (SSSR count). The molecule has 3 amide bonds. The lowest BCUT2D eigenvalue weighted by Gasteiger charge is -2.34. The highest BCUT2D eigenvalue weighted by molar-refractivity contribution is 6.34. The number of halogens is 3. The molecule has 2 N–H and O–H groups in total. The summed E-state index contributed by atoms with van der Waals surface area (Å²) in [4.78, 5) is 36.9. The zero-order valence-electron chi connectivity index (χ0n) is 12.0. The van der Waals surface area contributed by atoms with E-state index in [2.05, 4.69) is 0 Å². The maximum absolute atomic E-state index is 13.0. The standard InChI is InChI=1S/C14H14F3N3O3/c15-14(16,17)10-4-2-1-3-9(10)12(22)19-5-7-20(8-6-19)13(23)11(18)21/h1-4H,5-8H2,(H2,18,21). The second-order valence-electron chi connectivity index (χ2n) is 4.99. The van der Waals surface area contributed by atoms with E-state index in [9.17, 15) is 27.6 Å². The summed E-state index contributed by atoms with van der Waals surface area (Å²) in [5.74, 6) is -2.73. The third-order valence-corrected chi connectivity index (χ3v) is 3.53. The molecule has 1 aliphatic rings. The molecule has 0 unspecified atom stereocenters. The van der Waals surface area contributed by atoms with Gasteiger partial charge >= 0.3 is 18.0 Å². The smallest absolute Gasteiger partial charge is 0.361 e. The quantitative estimate of drug-likeness (QED) is 0.761. The van der Waals surface area contributed by atoms with Gasteiger partial charge in [0.2, 0.25) is 0 Å². The third-order valence-electron chi connectivity index (χ3n) is 3.53. The van der Waals surface area contributed by atoms with Crippen molar-refractivity contribution >= 4 is 17.7 Å². The summed E-state index contributed by atoms with van der Waals surface area (Å²) in [6.07, 6.45) is -4.63. The molecule has 124 valence electrons. The number of carbonyl (C=O) groups excluding carboxylic acids is 3. The summed E-state index contributed by atoms with van der Waals surface area (Å²) in [6, 6.07) is 4.53. The largest absolute Gasteiger partial charge is 0.417 e. The van der Waals surface area contributed by atoms with E-state index in [0.717, 1.165) is 12.1 Å². The van der Waals surface area contributed by atoms with E-state index in [1.54, 1.807) is 0 Å². The minimum absolute atomic E-state index is 0.0318. The molecule has 0 aromatic heterocycles. The molecular weight excluding hydrogens is 315 g/mol. The monoisotopic (exact) mass is 329 g/mol. The fraction of sp³-hybridized carbons (Fsp3) is 0.357. The van der Waals surface area contributed by atoms with E-state index in [4.69, 9.17) is 5.73 Å². The topological polar surface area (TPSA) is 83.7 Å². The Hall–Kier alpha value is -2.58. The van der Waals surface area contributed by atoms with Crippen LogP contribution in [0.3, 0.4) is 0 Å². The van der Waals surface area contributed by atoms with Crippen LogP contribution in [0.4, 0.5) is 13.2 Å². The van der Waals surface area contributed by atoms with Crippen LogP contribution in [0.15, 0.2) is 24.3 Å². The number of nitrogens with two attached hydrogens (primary N) is 1. The van der Waals surface area contributed by atoms with Crippen molar-refractivity contribution in [2.75, 3.05) is 26.2 Å². The molecule has 0 bridgehead atoms. The van der Waals surface area contributed by atoms with Gasteiger partial charge in [-0.2, -0.15) is 13.2 Å². The van der Waals surface area contributed by atoms with Crippen LogP contribution < -0.4 is 5.73 Å². The number of alkyl halides is 3. The van der Waals surface area contributed by atoms with Gasteiger partial charge in [-0.25, -0.2) is 0 Å². The van der Waals surface area contributed by atoms with Crippen LogP contribution >= 0.6 is 0 Å². The van der Waals surface area contributed by atoms with E-state index >= 15 is 0 Å². The molecule has 1 heterocycles. The first-order valence-electron chi connectivity index (χ1n) is 6.76. The SMILES string of the molecule is NC(=O)C(=O)N1CCN(C(=O)c2ccccc2C(F)(F)F)CC1. The molecule has 23 heavy (non-hydrogen) atoms. The number of amides is 3. The van der Waals surface area contributed by atoms with E-state index in [1.165, 1.54) is 21.9 Å². The van der Waals surface area contributed by atoms with E-state index in [0.29, 0.717) is 0 Å². The normalized spacial score (nSPS) is 15.4. The summed E-state index contributed by atoms with van der Waals surface area (Å²) in [6.45, 7) is 0.150. The molecule has 0 aliphatic carbocycles. The predicted molar refractivity (Wildman–Crippen MR) is 73.1 cm³/mol. The van der Waals surface area contributed by atoms with Gasteiger partial charge in [-0.05, 0) is 12.1 Å². The van der Waals surface area contributed by atoms with E-state index in [1.807, 2.05) is 0 Å². The predicted octanol–water partition coefficient (Wildman–Crippen LogP) is 0.475. The summed E-state index contributed by atoms with van der Waals surface area (Å²) in [7, 11) is 0. The molecular formula is C14H14F3N3O3. The highest BCUT2D eigenvalue weighted by Crippen LogP contribution is 2.32. The van der Waals surface area contributed by atoms with Crippen molar-refractivity contribution in [1.29, 1.82) is 0 Å². The summed E-state index contributed by atoms with van der Waals surface area (Å²) >= 11 is 0. The van der Waals surface area contributed by atoms with Crippen molar-refractivity contribution < 1.29 is 27.6 Å². The average Bonchev–Trinajstić information content (AvgIpc) is 2.52. The highest BCUT2D eigenvalue weighted by atomic mass is 19.4. The van der Waals surface area contributed by atoms with Gasteiger partial charge in [0.05, 0.1) is 11.1 Å². The van der Waals surface area contributed by atoms with Gasteiger partial charge in [-0.15, -0.1) is 0 Å². The van der Waals surface area contributed by atoms with Gasteiger partial charge in [0, 0.05) is 26.2 Å². The van der Waals surface area contributed by atoms with Crippen molar-refractivity contribution in [2.45, 2.75) is 6.18 Å². The van der Waals surface area contributed by atoms with Crippen molar-refractivity contribution in [3.05, 3.63) is 35.4 Å². The zero-order valence-corrected chi connectivity index (χ0v) is 12.0. The molecule has 6 nitrogen and oxygen atoms in total. The van der Waals surface area contributed by atoms with E-state index in [-0.39, 0.29) is 26.2 Å². The zero-order chi connectivity index (χ0) is 17.2. The Morgan fingerprint density at radius 2 is 1.48 bits per heavy atom. The number of carbonyl (C=O) groups is 3. The van der Waals surface area contributed by atoms with Crippen LogP contribution in [0.1, 0.15) is 15.9 Å². The molecule has 1 aromatic carbocycles. The summed E-state index contributed by atoms with van der Waals surface area (Å²) < 4.78 is 38.9. The Morgan fingerprint density at radius 1 is 0.957 bits per heavy atom. The maximum atomic E-state index is 13.0. The van der Waals surface area contributed by atoms with E-state index < -0.39 is 35.0 Å². The Balaban J connectivity index is 2.12. The van der Waals surface area contributed by atoms with Gasteiger partial charge < -0.3 is 15.5 Å². The lowest BCUT2D eigenvalue weighted by atomic mass is 10.1. The number of hydrogen-bond donors (Lipinski definition) is 1. The van der Waals surface area contributed by atoms with Crippen LogP contribution in [0.25, 0.3) is 0 Å². The first kappa shape index (κ1) is 16.8. The van der Waals surface area contributed by atoms with Crippen molar-refractivity contribution in [3.63, 3.8) is 0 Å². The lowest BCUT2D eigenvalue weighted by Crippen LogP contribution is -2.53. The lowest BCUT2D eigenvalue weighted by molar-refractivity contribution is -0.145. The number of benzene rings is 1. The summed E-state index contributed by atoms with van der Waals surface area (Å²) in [5, 5.41) is 0. The second-order valence-corrected chi connectivity index (χ2v) is 4.99. The number of piperazine rings is 1. The Bertz CT molecular complexity index is 638. The van der Waals surface area contributed by atoms with Crippen molar-refractivity contribution in [1.82, 2.24) is 9.80 Å². The molecule has 1 fully saturated rings. The number of primary amides is 1. The Kier molecular flexibility index (Phi) is 4.57. The molecule has 0 atom stereocenters. The second kappa shape index (κ2) is 6.27. The first-order chi connectivity index (χ1) is 10.7. The van der Waals surface area contributed by atoms with Gasteiger partial charge in [0.1, 0.15) is 0 Å². The highest BCUT2D eigenvalue weighted by Gasteiger charge is 2.36. The Labute approximate surface area is 129 Å². The Morgan fingerprint density at radius 3 is 2.00 bits per heavy atom. The average molecular weight is 329 g/mol. The molecule has 0 saturated carbocycles. The molecule has 1 saturated heterocycles. The maximum Gasteiger partial charge on any atom is 0.417 e. The van der Waals surface area contributed by atoms with Crippen LogP contribution in [0, 0.1) is 0 Å². The van der Waals surface area contributed by atoms with Crippen LogP contribution in [-0.4, -0.2) is 53.7 Å². The van der Waals surface area contributed by atoms with Crippen LogP contribution in [0.5, 0.6) is 0 Å². The third kappa shape index (κ3) is 3.61. The molecule has 9 heteroatoms. The number of rotatable bonds is 1. The van der Waals surface area contributed by atoms with Gasteiger partial charge in [-0.3, -0.25) is 14.4 Å². The fourth-order valence-electron chi connectivity index (χ4n) is 2.36. The molecule has 0 radical (unpaired) electrons. The molecule has 1 aliphatic heterocycles. The van der Waals surface area contributed by atoms with Crippen LogP contribution in [0.2, 0.25) is 0 Å². The number of nitrogens with zero attached hydrogens (tertiary/aromatic N) is 2.